The molecule has 0 bridgehead atoms. The summed E-state index contributed by atoms with van der Waals surface area (Å²) < 4.78 is 27.2. The minimum Gasteiger partial charge on any atom is -0.299 e. The van der Waals surface area contributed by atoms with Crippen molar-refractivity contribution in [3.63, 3.8) is 0 Å². The van der Waals surface area contributed by atoms with Gasteiger partial charge in [0.15, 0.2) is 0 Å². The summed E-state index contributed by atoms with van der Waals surface area (Å²) in [6, 6.07) is 12.3. The van der Waals surface area contributed by atoms with Crippen molar-refractivity contribution < 1.29 is 12.6 Å². The maximum atomic E-state index is 11.1. The lowest BCUT2D eigenvalue weighted by molar-refractivity contribution is 0.178. The normalized spacial score (nSPS) is 13.0. The van der Waals surface area contributed by atoms with Gasteiger partial charge in [0.25, 0.3) is 10.1 Å². The van der Waals surface area contributed by atoms with Gasteiger partial charge in [-0.3, -0.25) is 9.08 Å². The first-order valence-corrected chi connectivity index (χ1v) is 9.24. The Bertz CT molecular complexity index is 567. The van der Waals surface area contributed by atoms with E-state index in [0.29, 0.717) is 12.8 Å². The molecule has 1 aromatic rings. The molecule has 0 saturated heterocycles. The van der Waals surface area contributed by atoms with Crippen LogP contribution in [0.4, 0.5) is 0 Å². The molecule has 0 aromatic heterocycles. The summed E-state index contributed by atoms with van der Waals surface area (Å²) in [5.74, 6) is 0. The monoisotopic (exact) mass is 324 g/mol. The summed E-state index contributed by atoms with van der Waals surface area (Å²) in [6.45, 7) is 4.10. The number of rotatable bonds is 10. The van der Waals surface area contributed by atoms with E-state index in [4.69, 9.17) is 9.44 Å². The zero-order valence-electron chi connectivity index (χ0n) is 13.2. The lowest BCUT2D eigenvalue weighted by Gasteiger charge is -2.23. The van der Waals surface area contributed by atoms with E-state index >= 15 is 0 Å². The molecule has 0 heterocycles. The lowest BCUT2D eigenvalue weighted by atomic mass is 10.2. The van der Waals surface area contributed by atoms with Gasteiger partial charge in [-0.15, -0.1) is 0 Å². The summed E-state index contributed by atoms with van der Waals surface area (Å²) in [5.41, 5.74) is 1.20. The van der Waals surface area contributed by atoms with Crippen LogP contribution in [0.2, 0.25) is 0 Å². The Labute approximate surface area is 133 Å². The van der Waals surface area contributed by atoms with Crippen molar-refractivity contribution in [3.05, 3.63) is 35.9 Å². The first-order chi connectivity index (χ1) is 10.4. The molecule has 1 rings (SSSR count). The SMILES string of the molecule is CC(CCN(CCCC#N)Cc1ccccc1)OS(C)(=O)=O. The van der Waals surface area contributed by atoms with Crippen LogP contribution in [0.3, 0.4) is 0 Å². The highest BCUT2D eigenvalue weighted by Gasteiger charge is 2.13. The van der Waals surface area contributed by atoms with Gasteiger partial charge in [0.2, 0.25) is 0 Å². The Morgan fingerprint density at radius 3 is 2.55 bits per heavy atom. The van der Waals surface area contributed by atoms with Crippen LogP contribution in [0, 0.1) is 11.3 Å². The zero-order valence-corrected chi connectivity index (χ0v) is 14.1. The third-order valence-corrected chi connectivity index (χ3v) is 3.88. The van der Waals surface area contributed by atoms with Crippen LogP contribution in [0.1, 0.15) is 31.7 Å². The van der Waals surface area contributed by atoms with Gasteiger partial charge in [0.05, 0.1) is 18.4 Å². The van der Waals surface area contributed by atoms with Gasteiger partial charge in [-0.05, 0) is 31.9 Å². The second-order valence-corrected chi connectivity index (χ2v) is 7.02. The molecule has 0 radical (unpaired) electrons. The number of hydrogen-bond acceptors (Lipinski definition) is 5. The fourth-order valence-electron chi connectivity index (χ4n) is 2.20. The van der Waals surface area contributed by atoms with E-state index in [1.165, 1.54) is 5.56 Å². The van der Waals surface area contributed by atoms with E-state index in [1.54, 1.807) is 6.92 Å². The molecule has 6 heteroatoms. The Balaban J connectivity index is 2.52. The summed E-state index contributed by atoms with van der Waals surface area (Å²) in [5, 5.41) is 8.66. The van der Waals surface area contributed by atoms with Crippen molar-refractivity contribution in [1.82, 2.24) is 4.90 Å². The summed E-state index contributed by atoms with van der Waals surface area (Å²) >= 11 is 0. The minimum atomic E-state index is -3.41. The molecule has 5 nitrogen and oxygen atoms in total. The van der Waals surface area contributed by atoms with Crippen molar-refractivity contribution in [1.29, 1.82) is 5.26 Å². The third-order valence-electron chi connectivity index (χ3n) is 3.20. The van der Waals surface area contributed by atoms with E-state index in [-0.39, 0.29) is 6.10 Å². The Kier molecular flexibility index (Phi) is 8.10. The van der Waals surface area contributed by atoms with E-state index in [9.17, 15) is 8.42 Å². The Hall–Kier alpha value is -1.42. The van der Waals surface area contributed by atoms with E-state index in [1.807, 2.05) is 18.2 Å². The van der Waals surface area contributed by atoms with Gasteiger partial charge in [-0.2, -0.15) is 13.7 Å². The van der Waals surface area contributed by atoms with Gasteiger partial charge in [0, 0.05) is 19.5 Å². The smallest absolute Gasteiger partial charge is 0.264 e. The second kappa shape index (κ2) is 9.57. The van der Waals surface area contributed by atoms with Crippen LogP contribution in [0.15, 0.2) is 30.3 Å². The van der Waals surface area contributed by atoms with Crippen molar-refractivity contribution >= 4 is 10.1 Å². The average molecular weight is 324 g/mol. The van der Waals surface area contributed by atoms with Crippen LogP contribution in [0.25, 0.3) is 0 Å². The Morgan fingerprint density at radius 1 is 1.27 bits per heavy atom. The average Bonchev–Trinajstić information content (AvgIpc) is 2.44. The summed E-state index contributed by atoms with van der Waals surface area (Å²) in [7, 11) is -3.41. The molecule has 0 aliphatic heterocycles. The molecule has 1 atom stereocenters. The van der Waals surface area contributed by atoms with Crippen LogP contribution >= 0.6 is 0 Å². The minimum absolute atomic E-state index is 0.343. The molecule has 0 amide bonds. The maximum absolute atomic E-state index is 11.1. The summed E-state index contributed by atoms with van der Waals surface area (Å²) in [6.07, 6.45) is 2.69. The van der Waals surface area contributed by atoms with Gasteiger partial charge >= 0.3 is 0 Å². The number of unbranched alkanes of at least 4 members (excludes halogenated alkanes) is 1. The zero-order chi connectivity index (χ0) is 16.4. The molecule has 0 fully saturated rings. The van der Waals surface area contributed by atoms with Crippen LogP contribution in [-0.4, -0.2) is 38.8 Å². The highest BCUT2D eigenvalue weighted by atomic mass is 32.2. The molecular weight excluding hydrogens is 300 g/mol. The number of benzene rings is 1. The van der Waals surface area contributed by atoms with Gasteiger partial charge in [0.1, 0.15) is 0 Å². The molecular formula is C16H24N2O3S. The summed E-state index contributed by atoms with van der Waals surface area (Å²) in [4.78, 5) is 2.23. The largest absolute Gasteiger partial charge is 0.299 e. The van der Waals surface area contributed by atoms with Crippen LogP contribution < -0.4 is 0 Å². The molecule has 0 aliphatic carbocycles. The lowest BCUT2D eigenvalue weighted by Crippen LogP contribution is -2.28. The maximum Gasteiger partial charge on any atom is 0.264 e. The van der Waals surface area contributed by atoms with Crippen molar-refractivity contribution in [2.45, 2.75) is 38.8 Å². The van der Waals surface area contributed by atoms with Crippen molar-refractivity contribution in [3.8, 4) is 6.07 Å². The van der Waals surface area contributed by atoms with Gasteiger partial charge in [-0.25, -0.2) is 0 Å². The second-order valence-electron chi connectivity index (χ2n) is 5.42. The highest BCUT2D eigenvalue weighted by molar-refractivity contribution is 7.86. The number of nitrogens with zero attached hydrogens (tertiary/aromatic N) is 2. The third kappa shape index (κ3) is 8.78. The fraction of sp³-hybridized carbons (Fsp3) is 0.562. The van der Waals surface area contributed by atoms with E-state index < -0.39 is 10.1 Å². The van der Waals surface area contributed by atoms with Gasteiger partial charge in [-0.1, -0.05) is 30.3 Å². The first kappa shape index (κ1) is 18.6. The van der Waals surface area contributed by atoms with E-state index in [0.717, 1.165) is 32.3 Å². The Morgan fingerprint density at radius 2 is 1.95 bits per heavy atom. The quantitative estimate of drug-likeness (QED) is 0.488. The first-order valence-electron chi connectivity index (χ1n) is 7.42. The predicted octanol–water partition coefficient (Wildman–Crippen LogP) is 2.55. The van der Waals surface area contributed by atoms with Crippen LogP contribution in [0.5, 0.6) is 0 Å². The molecule has 1 unspecified atom stereocenters. The predicted molar refractivity (Wildman–Crippen MR) is 86.6 cm³/mol. The van der Waals surface area contributed by atoms with Crippen LogP contribution in [-0.2, 0) is 20.8 Å². The van der Waals surface area contributed by atoms with Crippen molar-refractivity contribution in [2.75, 3.05) is 19.3 Å². The molecule has 0 N–H and O–H groups in total. The number of nitriles is 1. The number of hydrogen-bond donors (Lipinski definition) is 0. The molecule has 22 heavy (non-hydrogen) atoms. The van der Waals surface area contributed by atoms with E-state index in [2.05, 4.69) is 23.1 Å². The molecule has 122 valence electrons. The molecule has 0 aliphatic rings. The molecule has 1 aromatic carbocycles. The molecule has 0 spiro atoms. The standard InChI is InChI=1S/C16H24N2O3S/c1-15(21-22(2,19)20)10-13-18(12-7-6-11-17)14-16-8-4-3-5-9-16/h3-5,8-9,15H,6-7,10,12-14H2,1-2H3. The molecule has 0 saturated carbocycles. The van der Waals surface area contributed by atoms with Gasteiger partial charge < -0.3 is 0 Å². The fourth-order valence-corrected chi connectivity index (χ4v) is 2.90. The van der Waals surface area contributed by atoms with Crippen molar-refractivity contribution in [2.24, 2.45) is 0 Å². The highest BCUT2D eigenvalue weighted by Crippen LogP contribution is 2.09. The topological polar surface area (TPSA) is 70.4 Å².